The number of carbonyl (C=O) groups is 2. The molecule has 0 spiro atoms. The van der Waals surface area contributed by atoms with Gasteiger partial charge in [0, 0.05) is 39.3 Å². The van der Waals surface area contributed by atoms with E-state index >= 15 is 0 Å². The molecule has 2 amide bonds. The SMILES string of the molecule is C[C@@H]1CN(C(=O)CN2CCN(CC(=O)Nc3ccccc3Cl)CC2)C[C@@H](C)O1. The first-order chi connectivity index (χ1) is 13.4. The average molecular weight is 409 g/mol. The molecule has 1 N–H and O–H groups in total. The number of piperazine rings is 1. The largest absolute Gasteiger partial charge is 0.372 e. The van der Waals surface area contributed by atoms with Crippen LogP contribution in [-0.4, -0.2) is 91.1 Å². The van der Waals surface area contributed by atoms with Crippen LogP contribution in [-0.2, 0) is 14.3 Å². The smallest absolute Gasteiger partial charge is 0.238 e. The van der Waals surface area contributed by atoms with Crippen molar-refractivity contribution in [1.29, 1.82) is 0 Å². The van der Waals surface area contributed by atoms with E-state index in [2.05, 4.69) is 15.1 Å². The zero-order valence-corrected chi connectivity index (χ0v) is 17.3. The number of ether oxygens (including phenoxy) is 1. The van der Waals surface area contributed by atoms with E-state index < -0.39 is 0 Å². The first kappa shape index (κ1) is 21.0. The first-order valence-electron chi connectivity index (χ1n) is 9.83. The minimum Gasteiger partial charge on any atom is -0.372 e. The lowest BCUT2D eigenvalue weighted by Crippen LogP contribution is -2.54. The maximum Gasteiger partial charge on any atom is 0.238 e. The van der Waals surface area contributed by atoms with Crippen LogP contribution >= 0.6 is 11.6 Å². The van der Waals surface area contributed by atoms with Crippen molar-refractivity contribution in [3.8, 4) is 0 Å². The molecule has 2 saturated heterocycles. The van der Waals surface area contributed by atoms with Gasteiger partial charge in [0.1, 0.15) is 0 Å². The number of anilines is 1. The van der Waals surface area contributed by atoms with Crippen LogP contribution in [0.5, 0.6) is 0 Å². The van der Waals surface area contributed by atoms with Gasteiger partial charge in [0.15, 0.2) is 0 Å². The average Bonchev–Trinajstić information content (AvgIpc) is 2.64. The number of para-hydroxylation sites is 1. The molecular formula is C20H29ClN4O3. The van der Waals surface area contributed by atoms with E-state index in [9.17, 15) is 9.59 Å². The third kappa shape index (κ3) is 5.91. The molecule has 2 heterocycles. The summed E-state index contributed by atoms with van der Waals surface area (Å²) in [4.78, 5) is 31.0. The van der Waals surface area contributed by atoms with E-state index in [0.717, 1.165) is 26.2 Å². The van der Waals surface area contributed by atoms with Gasteiger partial charge in [0.2, 0.25) is 11.8 Å². The molecule has 154 valence electrons. The van der Waals surface area contributed by atoms with Gasteiger partial charge in [-0.05, 0) is 26.0 Å². The Morgan fingerprint density at radius 1 is 1.04 bits per heavy atom. The van der Waals surface area contributed by atoms with Crippen LogP contribution in [0.25, 0.3) is 0 Å². The van der Waals surface area contributed by atoms with Gasteiger partial charge in [-0.2, -0.15) is 0 Å². The molecule has 7 nitrogen and oxygen atoms in total. The normalized spacial score (nSPS) is 24.2. The Labute approximate surface area is 171 Å². The minimum atomic E-state index is -0.0751. The quantitative estimate of drug-likeness (QED) is 0.800. The van der Waals surface area contributed by atoms with Crippen molar-refractivity contribution in [2.24, 2.45) is 0 Å². The summed E-state index contributed by atoms with van der Waals surface area (Å²) in [6.07, 6.45) is 0.169. The Kier molecular flexibility index (Phi) is 7.29. The predicted octanol–water partition coefficient (Wildman–Crippen LogP) is 1.53. The summed E-state index contributed by atoms with van der Waals surface area (Å²) >= 11 is 6.08. The molecule has 0 aromatic heterocycles. The number of halogens is 1. The van der Waals surface area contributed by atoms with Crippen LogP contribution < -0.4 is 5.32 Å². The molecule has 3 rings (SSSR count). The highest BCUT2D eigenvalue weighted by atomic mass is 35.5. The molecule has 0 saturated carbocycles. The highest BCUT2D eigenvalue weighted by Crippen LogP contribution is 2.20. The Bertz CT molecular complexity index is 684. The summed E-state index contributed by atoms with van der Waals surface area (Å²) in [7, 11) is 0. The van der Waals surface area contributed by atoms with Crippen LogP contribution in [0.15, 0.2) is 24.3 Å². The fourth-order valence-corrected chi connectivity index (χ4v) is 3.92. The van der Waals surface area contributed by atoms with E-state index in [1.54, 1.807) is 12.1 Å². The van der Waals surface area contributed by atoms with Crippen molar-refractivity contribution < 1.29 is 14.3 Å². The third-order valence-electron chi connectivity index (χ3n) is 5.11. The monoisotopic (exact) mass is 408 g/mol. The third-order valence-corrected chi connectivity index (χ3v) is 5.44. The van der Waals surface area contributed by atoms with E-state index in [1.165, 1.54) is 0 Å². The standard InChI is InChI=1S/C20H29ClN4O3/c1-15-11-25(12-16(2)28-15)20(27)14-24-9-7-23(8-10-24)13-19(26)22-18-6-4-3-5-17(18)21/h3-6,15-16H,7-14H2,1-2H3,(H,22,26)/t15-,16-/m1/s1. The lowest BCUT2D eigenvalue weighted by molar-refractivity contribution is -0.144. The maximum atomic E-state index is 12.6. The van der Waals surface area contributed by atoms with Crippen LogP contribution in [0.1, 0.15) is 13.8 Å². The number of rotatable bonds is 5. The summed E-state index contributed by atoms with van der Waals surface area (Å²) in [5.74, 6) is 0.0841. The summed E-state index contributed by atoms with van der Waals surface area (Å²) in [5.41, 5.74) is 0.632. The fourth-order valence-electron chi connectivity index (χ4n) is 3.73. The van der Waals surface area contributed by atoms with Crippen LogP contribution in [0.4, 0.5) is 5.69 Å². The second-order valence-electron chi connectivity index (χ2n) is 7.64. The number of nitrogens with zero attached hydrogens (tertiary/aromatic N) is 3. The van der Waals surface area contributed by atoms with Gasteiger partial charge in [-0.1, -0.05) is 23.7 Å². The predicted molar refractivity (Wildman–Crippen MR) is 110 cm³/mol. The second-order valence-corrected chi connectivity index (χ2v) is 8.04. The van der Waals surface area contributed by atoms with Gasteiger partial charge in [0.25, 0.3) is 0 Å². The number of morpholine rings is 1. The molecule has 2 aliphatic heterocycles. The van der Waals surface area contributed by atoms with E-state index in [1.807, 2.05) is 30.9 Å². The van der Waals surface area contributed by atoms with Crippen molar-refractivity contribution >= 4 is 29.1 Å². The Balaban J connectivity index is 1.40. The lowest BCUT2D eigenvalue weighted by Gasteiger charge is -2.38. The molecule has 28 heavy (non-hydrogen) atoms. The minimum absolute atomic E-state index is 0.0751. The summed E-state index contributed by atoms with van der Waals surface area (Å²) in [6.45, 7) is 9.16. The number of carbonyl (C=O) groups excluding carboxylic acids is 2. The first-order valence-corrected chi connectivity index (χ1v) is 10.2. The van der Waals surface area contributed by atoms with Gasteiger partial charge >= 0.3 is 0 Å². The van der Waals surface area contributed by atoms with E-state index in [4.69, 9.17) is 16.3 Å². The zero-order valence-electron chi connectivity index (χ0n) is 16.6. The molecular weight excluding hydrogens is 380 g/mol. The van der Waals surface area contributed by atoms with Crippen molar-refractivity contribution in [1.82, 2.24) is 14.7 Å². The number of amides is 2. The Morgan fingerprint density at radius 2 is 1.61 bits per heavy atom. The molecule has 0 bridgehead atoms. The lowest BCUT2D eigenvalue weighted by atomic mass is 10.2. The Morgan fingerprint density at radius 3 is 2.21 bits per heavy atom. The molecule has 2 atom stereocenters. The van der Waals surface area contributed by atoms with Crippen LogP contribution in [0, 0.1) is 0 Å². The highest BCUT2D eigenvalue weighted by molar-refractivity contribution is 6.33. The van der Waals surface area contributed by atoms with Gasteiger partial charge in [0.05, 0.1) is 36.0 Å². The topological polar surface area (TPSA) is 65.1 Å². The molecule has 0 aliphatic carbocycles. The van der Waals surface area contributed by atoms with E-state index in [-0.39, 0.29) is 24.0 Å². The van der Waals surface area contributed by atoms with E-state index in [0.29, 0.717) is 36.9 Å². The second kappa shape index (κ2) is 9.69. The van der Waals surface area contributed by atoms with Gasteiger partial charge < -0.3 is 15.0 Å². The summed E-state index contributed by atoms with van der Waals surface area (Å²) in [5, 5.41) is 3.39. The highest BCUT2D eigenvalue weighted by Gasteiger charge is 2.28. The molecule has 8 heteroatoms. The van der Waals surface area contributed by atoms with Crippen molar-refractivity contribution in [3.63, 3.8) is 0 Å². The molecule has 1 aromatic carbocycles. The van der Waals surface area contributed by atoms with Gasteiger partial charge in [-0.15, -0.1) is 0 Å². The van der Waals surface area contributed by atoms with Gasteiger partial charge in [-0.3, -0.25) is 19.4 Å². The summed E-state index contributed by atoms with van der Waals surface area (Å²) in [6, 6.07) is 7.21. The van der Waals surface area contributed by atoms with Gasteiger partial charge in [-0.25, -0.2) is 0 Å². The molecule has 1 aromatic rings. The van der Waals surface area contributed by atoms with Crippen molar-refractivity contribution in [2.75, 3.05) is 57.7 Å². The van der Waals surface area contributed by atoms with Crippen molar-refractivity contribution in [2.45, 2.75) is 26.1 Å². The number of benzene rings is 1. The molecule has 2 fully saturated rings. The molecule has 0 radical (unpaired) electrons. The number of hydrogen-bond acceptors (Lipinski definition) is 5. The molecule has 2 aliphatic rings. The fraction of sp³-hybridized carbons (Fsp3) is 0.600. The van der Waals surface area contributed by atoms with Crippen molar-refractivity contribution in [3.05, 3.63) is 29.3 Å². The molecule has 0 unspecified atom stereocenters. The maximum absolute atomic E-state index is 12.6. The number of hydrogen-bond donors (Lipinski definition) is 1. The Hall–Kier alpha value is -1.67. The number of nitrogens with one attached hydrogen (secondary N) is 1. The zero-order chi connectivity index (χ0) is 20.1. The van der Waals surface area contributed by atoms with Crippen LogP contribution in [0.3, 0.4) is 0 Å². The summed E-state index contributed by atoms with van der Waals surface area (Å²) < 4.78 is 5.70. The van der Waals surface area contributed by atoms with Crippen LogP contribution in [0.2, 0.25) is 5.02 Å².